The largest absolute Gasteiger partial charge is 0.456 e. The number of aromatic nitrogens is 3. The lowest BCUT2D eigenvalue weighted by Gasteiger charge is -2.05. The molecule has 0 amide bonds. The maximum atomic E-state index is 5.70. The number of nitrogens with two attached hydrogens (primary N) is 1. The second-order valence-corrected chi connectivity index (χ2v) is 4.08. The van der Waals surface area contributed by atoms with Gasteiger partial charge in [0.05, 0.1) is 11.7 Å². The van der Waals surface area contributed by atoms with Crippen LogP contribution in [0.25, 0.3) is 11.2 Å². The van der Waals surface area contributed by atoms with Gasteiger partial charge in [-0.25, -0.2) is 4.98 Å². The van der Waals surface area contributed by atoms with E-state index >= 15 is 0 Å². The van der Waals surface area contributed by atoms with Gasteiger partial charge in [-0.3, -0.25) is 0 Å². The van der Waals surface area contributed by atoms with Crippen LogP contribution in [0.1, 0.15) is 5.56 Å². The molecule has 5 nitrogen and oxygen atoms in total. The number of nitrogens with zero attached hydrogens (tertiary/aromatic N) is 2. The van der Waals surface area contributed by atoms with Gasteiger partial charge >= 0.3 is 0 Å². The number of hydrogen-bond donors (Lipinski definition) is 2. The molecule has 2 heterocycles. The van der Waals surface area contributed by atoms with Crippen molar-refractivity contribution in [2.24, 2.45) is 0 Å². The van der Waals surface area contributed by atoms with E-state index in [1.165, 1.54) is 5.56 Å². The maximum Gasteiger partial charge on any atom is 0.200 e. The number of hydrogen-bond acceptors (Lipinski definition) is 4. The second-order valence-electron chi connectivity index (χ2n) is 4.08. The summed E-state index contributed by atoms with van der Waals surface area (Å²) in [7, 11) is 0. The molecule has 0 saturated heterocycles. The minimum absolute atomic E-state index is 0.352. The van der Waals surface area contributed by atoms with Gasteiger partial charge < -0.3 is 15.5 Å². The molecule has 0 spiro atoms. The topological polar surface area (TPSA) is 76.8 Å². The first-order chi connectivity index (χ1) is 8.70. The van der Waals surface area contributed by atoms with Gasteiger partial charge in [-0.15, -0.1) is 0 Å². The fourth-order valence-electron chi connectivity index (χ4n) is 1.70. The summed E-state index contributed by atoms with van der Waals surface area (Å²) < 4.78 is 5.70. The standard InChI is InChI=1S/C13H12N4O/c1-8-2-4-9(5-3-8)18-10-6-11-12(15-7-10)17-13(14)16-11/h2-7H,1H3,(H3,14,15,16,17). The summed E-state index contributed by atoms with van der Waals surface area (Å²) in [5.74, 6) is 1.77. The Balaban J connectivity index is 1.92. The maximum absolute atomic E-state index is 5.70. The van der Waals surface area contributed by atoms with E-state index in [0.717, 1.165) is 11.3 Å². The van der Waals surface area contributed by atoms with E-state index in [-0.39, 0.29) is 0 Å². The van der Waals surface area contributed by atoms with Gasteiger partial charge in [0.15, 0.2) is 11.6 Å². The van der Waals surface area contributed by atoms with Crippen molar-refractivity contribution < 1.29 is 4.74 Å². The van der Waals surface area contributed by atoms with Crippen LogP contribution in [-0.4, -0.2) is 15.0 Å². The lowest BCUT2D eigenvalue weighted by atomic mass is 10.2. The smallest absolute Gasteiger partial charge is 0.200 e. The first kappa shape index (κ1) is 10.6. The zero-order valence-electron chi connectivity index (χ0n) is 9.84. The van der Waals surface area contributed by atoms with Crippen LogP contribution in [0.4, 0.5) is 5.95 Å². The van der Waals surface area contributed by atoms with Crippen LogP contribution in [0.15, 0.2) is 36.5 Å². The third-order valence-corrected chi connectivity index (χ3v) is 2.59. The zero-order chi connectivity index (χ0) is 12.5. The third-order valence-electron chi connectivity index (χ3n) is 2.59. The summed E-state index contributed by atoms with van der Waals surface area (Å²) in [4.78, 5) is 11.1. The Morgan fingerprint density at radius 1 is 1.17 bits per heavy atom. The number of anilines is 1. The van der Waals surface area contributed by atoms with E-state index in [9.17, 15) is 0 Å². The van der Waals surface area contributed by atoms with Crippen LogP contribution >= 0.6 is 0 Å². The average molecular weight is 240 g/mol. The predicted molar refractivity (Wildman–Crippen MR) is 69.6 cm³/mol. The molecule has 90 valence electrons. The number of nitrogen functional groups attached to an aromatic ring is 1. The van der Waals surface area contributed by atoms with E-state index in [0.29, 0.717) is 17.3 Å². The summed E-state index contributed by atoms with van der Waals surface area (Å²) in [5.41, 5.74) is 8.10. The van der Waals surface area contributed by atoms with E-state index < -0.39 is 0 Å². The van der Waals surface area contributed by atoms with Crippen molar-refractivity contribution in [3.63, 3.8) is 0 Å². The number of pyridine rings is 1. The number of aromatic amines is 1. The molecule has 5 heteroatoms. The number of H-pyrrole nitrogens is 1. The Labute approximate surface area is 104 Å². The van der Waals surface area contributed by atoms with Crippen LogP contribution in [-0.2, 0) is 0 Å². The fourth-order valence-corrected chi connectivity index (χ4v) is 1.70. The molecule has 0 unspecified atom stereocenters. The molecule has 0 bridgehead atoms. The Morgan fingerprint density at radius 3 is 2.72 bits per heavy atom. The predicted octanol–water partition coefficient (Wildman–Crippen LogP) is 2.64. The summed E-state index contributed by atoms with van der Waals surface area (Å²) in [5, 5.41) is 0. The molecule has 0 aliphatic heterocycles. The molecule has 18 heavy (non-hydrogen) atoms. The van der Waals surface area contributed by atoms with Crippen molar-refractivity contribution in [2.45, 2.75) is 6.92 Å². The highest BCUT2D eigenvalue weighted by Gasteiger charge is 2.04. The molecule has 1 aromatic carbocycles. The molecule has 3 rings (SSSR count). The fraction of sp³-hybridized carbons (Fsp3) is 0.0769. The lowest BCUT2D eigenvalue weighted by molar-refractivity contribution is 0.481. The van der Waals surface area contributed by atoms with Crippen LogP contribution in [0.5, 0.6) is 11.5 Å². The molecular formula is C13H12N4O. The van der Waals surface area contributed by atoms with Crippen LogP contribution in [0.3, 0.4) is 0 Å². The van der Waals surface area contributed by atoms with Crippen LogP contribution in [0, 0.1) is 6.92 Å². The molecule has 0 fully saturated rings. The number of fused-ring (bicyclic) bond motifs is 1. The van der Waals surface area contributed by atoms with Crippen LogP contribution in [0.2, 0.25) is 0 Å². The van der Waals surface area contributed by atoms with Crippen molar-refractivity contribution in [2.75, 3.05) is 5.73 Å². The summed E-state index contributed by atoms with van der Waals surface area (Å²) in [6, 6.07) is 9.65. The zero-order valence-corrected chi connectivity index (χ0v) is 9.84. The summed E-state index contributed by atoms with van der Waals surface area (Å²) in [6.45, 7) is 2.03. The molecule has 0 saturated carbocycles. The van der Waals surface area contributed by atoms with E-state index in [4.69, 9.17) is 10.5 Å². The lowest BCUT2D eigenvalue weighted by Crippen LogP contribution is -1.86. The van der Waals surface area contributed by atoms with Crippen molar-refractivity contribution in [3.05, 3.63) is 42.1 Å². The first-order valence-corrected chi connectivity index (χ1v) is 5.56. The highest BCUT2D eigenvalue weighted by molar-refractivity contribution is 5.74. The van der Waals surface area contributed by atoms with Gasteiger partial charge in [0, 0.05) is 6.07 Å². The molecule has 0 radical (unpaired) electrons. The number of imidazole rings is 1. The third kappa shape index (κ3) is 1.98. The van der Waals surface area contributed by atoms with E-state index in [1.54, 1.807) is 6.20 Å². The monoisotopic (exact) mass is 240 g/mol. The number of rotatable bonds is 2. The van der Waals surface area contributed by atoms with E-state index in [1.807, 2.05) is 37.3 Å². The first-order valence-electron chi connectivity index (χ1n) is 5.56. The normalized spacial score (nSPS) is 10.7. The number of aryl methyl sites for hydroxylation is 1. The van der Waals surface area contributed by atoms with Gasteiger partial charge in [0.2, 0.25) is 0 Å². The van der Waals surface area contributed by atoms with Gasteiger partial charge in [0.25, 0.3) is 0 Å². The molecule has 2 aromatic heterocycles. The molecule has 0 aliphatic carbocycles. The van der Waals surface area contributed by atoms with Crippen molar-refractivity contribution in [1.29, 1.82) is 0 Å². The molecule has 3 aromatic rings. The van der Waals surface area contributed by atoms with Gasteiger partial charge in [-0.1, -0.05) is 17.7 Å². The molecular weight excluding hydrogens is 228 g/mol. The second kappa shape index (κ2) is 4.03. The Morgan fingerprint density at radius 2 is 1.94 bits per heavy atom. The Bertz CT molecular complexity index is 688. The Hall–Kier alpha value is -2.56. The quantitative estimate of drug-likeness (QED) is 0.721. The molecule has 0 aliphatic rings. The van der Waals surface area contributed by atoms with Crippen molar-refractivity contribution in [1.82, 2.24) is 15.0 Å². The minimum atomic E-state index is 0.352. The highest BCUT2D eigenvalue weighted by atomic mass is 16.5. The number of ether oxygens (including phenoxy) is 1. The number of benzene rings is 1. The summed E-state index contributed by atoms with van der Waals surface area (Å²) in [6.07, 6.45) is 1.63. The van der Waals surface area contributed by atoms with Gasteiger partial charge in [-0.2, -0.15) is 4.98 Å². The van der Waals surface area contributed by atoms with Gasteiger partial charge in [0.1, 0.15) is 11.5 Å². The van der Waals surface area contributed by atoms with E-state index in [2.05, 4.69) is 15.0 Å². The SMILES string of the molecule is Cc1ccc(Oc2cnc3nc(N)[nH]c3c2)cc1. The van der Waals surface area contributed by atoms with Crippen molar-refractivity contribution in [3.8, 4) is 11.5 Å². The highest BCUT2D eigenvalue weighted by Crippen LogP contribution is 2.23. The van der Waals surface area contributed by atoms with Gasteiger partial charge in [-0.05, 0) is 19.1 Å². The van der Waals surface area contributed by atoms with Crippen molar-refractivity contribution >= 4 is 17.1 Å². The number of nitrogens with one attached hydrogen (secondary N) is 1. The molecule has 3 N–H and O–H groups in total. The Kier molecular flexibility index (Phi) is 2.37. The minimum Gasteiger partial charge on any atom is -0.456 e. The average Bonchev–Trinajstić information content (AvgIpc) is 2.71. The summed E-state index contributed by atoms with van der Waals surface area (Å²) >= 11 is 0. The molecule has 0 atom stereocenters. The van der Waals surface area contributed by atoms with Crippen LogP contribution < -0.4 is 10.5 Å².